The fourth-order valence-corrected chi connectivity index (χ4v) is 4.28. The minimum Gasteiger partial charge on any atom is -0.434 e. The first kappa shape index (κ1) is 23.3. The Morgan fingerprint density at radius 2 is 1.97 bits per heavy atom. The van der Waals surface area contributed by atoms with Crippen molar-refractivity contribution in [3.05, 3.63) is 54.1 Å². The zero-order valence-corrected chi connectivity index (χ0v) is 18.9. The summed E-state index contributed by atoms with van der Waals surface area (Å²) >= 11 is 0. The van der Waals surface area contributed by atoms with Crippen LogP contribution in [0.1, 0.15) is 32.3 Å². The third-order valence-electron chi connectivity index (χ3n) is 6.40. The maximum absolute atomic E-state index is 13.2. The number of benzene rings is 2. The fourth-order valence-electron chi connectivity index (χ4n) is 4.28. The third-order valence-corrected chi connectivity index (χ3v) is 6.40. The van der Waals surface area contributed by atoms with Gasteiger partial charge >= 0.3 is 6.61 Å². The number of ether oxygens (including phenoxy) is 1. The summed E-state index contributed by atoms with van der Waals surface area (Å²) in [5, 5.41) is 13.7. The molecular formula is C25H29F2N3O3. The molecule has 2 heterocycles. The molecule has 0 unspecified atom stereocenters. The number of halogens is 2. The number of alkyl halides is 2. The lowest BCUT2D eigenvalue weighted by atomic mass is 9.75. The van der Waals surface area contributed by atoms with Gasteiger partial charge in [-0.05, 0) is 42.9 Å². The van der Waals surface area contributed by atoms with E-state index >= 15 is 0 Å². The second-order valence-electron chi connectivity index (χ2n) is 9.21. The zero-order chi connectivity index (χ0) is 23.4. The average Bonchev–Trinajstić information content (AvgIpc) is 3.31. The van der Waals surface area contributed by atoms with Gasteiger partial charge in [0, 0.05) is 36.4 Å². The van der Waals surface area contributed by atoms with Gasteiger partial charge in [0.1, 0.15) is 5.75 Å². The van der Waals surface area contributed by atoms with E-state index < -0.39 is 6.61 Å². The van der Waals surface area contributed by atoms with Crippen LogP contribution in [-0.2, 0) is 6.54 Å². The van der Waals surface area contributed by atoms with E-state index in [1.807, 2.05) is 30.3 Å². The summed E-state index contributed by atoms with van der Waals surface area (Å²) in [5.74, 6) is 1.11. The van der Waals surface area contributed by atoms with Crippen molar-refractivity contribution >= 4 is 0 Å². The van der Waals surface area contributed by atoms with E-state index in [0.717, 1.165) is 31.5 Å². The van der Waals surface area contributed by atoms with Crippen molar-refractivity contribution < 1.29 is 23.1 Å². The molecule has 6 nitrogen and oxygen atoms in total. The molecule has 2 aromatic carbocycles. The van der Waals surface area contributed by atoms with Crippen LogP contribution >= 0.6 is 0 Å². The van der Waals surface area contributed by atoms with Crippen LogP contribution in [-0.4, -0.2) is 46.5 Å². The normalized spacial score (nSPS) is 17.5. The summed E-state index contributed by atoms with van der Waals surface area (Å²) in [4.78, 5) is 6.64. The molecule has 4 rings (SSSR count). The van der Waals surface area contributed by atoms with Crippen molar-refractivity contribution in [2.24, 2.45) is 11.3 Å². The van der Waals surface area contributed by atoms with Gasteiger partial charge in [0.2, 0.25) is 5.82 Å². The van der Waals surface area contributed by atoms with E-state index in [1.54, 1.807) is 12.1 Å². The van der Waals surface area contributed by atoms with Crippen LogP contribution in [0.5, 0.6) is 5.75 Å². The molecule has 0 saturated carbocycles. The zero-order valence-electron chi connectivity index (χ0n) is 18.9. The Labute approximate surface area is 192 Å². The van der Waals surface area contributed by atoms with E-state index in [4.69, 9.17) is 9.26 Å². The summed E-state index contributed by atoms with van der Waals surface area (Å²) in [6.07, 6.45) is 2.05. The number of likely N-dealkylation sites (tertiary alicyclic amines) is 1. The van der Waals surface area contributed by atoms with Crippen LogP contribution in [0, 0.1) is 11.3 Å². The van der Waals surface area contributed by atoms with Crippen LogP contribution in [0.25, 0.3) is 22.8 Å². The number of piperidine rings is 1. The number of aromatic nitrogens is 2. The fraction of sp³-hybridized carbons (Fsp3) is 0.440. The predicted molar refractivity (Wildman–Crippen MR) is 121 cm³/mol. The van der Waals surface area contributed by atoms with E-state index in [-0.39, 0.29) is 23.7 Å². The van der Waals surface area contributed by atoms with Crippen molar-refractivity contribution in [2.75, 3.05) is 19.7 Å². The van der Waals surface area contributed by atoms with Gasteiger partial charge in [-0.25, -0.2) is 0 Å². The van der Waals surface area contributed by atoms with Crippen LogP contribution < -0.4 is 4.74 Å². The Hall–Kier alpha value is -2.84. The van der Waals surface area contributed by atoms with Gasteiger partial charge in [-0.2, -0.15) is 13.8 Å². The number of nitrogens with zero attached hydrogens (tertiary/aromatic N) is 3. The lowest BCUT2D eigenvalue weighted by Crippen LogP contribution is -2.42. The summed E-state index contributed by atoms with van der Waals surface area (Å²) in [6.45, 7) is 3.47. The lowest BCUT2D eigenvalue weighted by molar-refractivity contribution is -0.0509. The highest BCUT2D eigenvalue weighted by atomic mass is 19.3. The molecule has 3 aromatic rings. The molecule has 33 heavy (non-hydrogen) atoms. The summed E-state index contributed by atoms with van der Waals surface area (Å²) < 4.78 is 36.6. The molecule has 1 atom stereocenters. The average molecular weight is 458 g/mol. The highest BCUT2D eigenvalue weighted by molar-refractivity contribution is 5.61. The monoisotopic (exact) mass is 457 g/mol. The Morgan fingerprint density at radius 3 is 2.70 bits per heavy atom. The predicted octanol–water partition coefficient (Wildman–Crippen LogP) is 5.24. The number of aliphatic hydroxyl groups is 1. The van der Waals surface area contributed by atoms with Gasteiger partial charge in [0.15, 0.2) is 0 Å². The van der Waals surface area contributed by atoms with Gasteiger partial charge < -0.3 is 14.4 Å². The Balaban J connectivity index is 1.55. The number of rotatable bonds is 8. The largest absolute Gasteiger partial charge is 0.434 e. The summed E-state index contributed by atoms with van der Waals surface area (Å²) in [5.41, 5.74) is 1.81. The van der Waals surface area contributed by atoms with Gasteiger partial charge in [-0.3, -0.25) is 4.90 Å². The van der Waals surface area contributed by atoms with E-state index in [1.165, 1.54) is 6.07 Å². The molecule has 176 valence electrons. The van der Waals surface area contributed by atoms with Gasteiger partial charge in [0.25, 0.3) is 5.89 Å². The first-order chi connectivity index (χ1) is 15.9. The van der Waals surface area contributed by atoms with Crippen LogP contribution in [0.15, 0.2) is 53.1 Å². The minimum absolute atomic E-state index is 0.102. The molecule has 1 aliphatic heterocycles. The molecule has 1 fully saturated rings. The van der Waals surface area contributed by atoms with E-state index in [0.29, 0.717) is 29.4 Å². The van der Waals surface area contributed by atoms with Crippen molar-refractivity contribution in [1.82, 2.24) is 15.0 Å². The van der Waals surface area contributed by atoms with Crippen LogP contribution in [0.4, 0.5) is 8.78 Å². The molecule has 8 heteroatoms. The second kappa shape index (κ2) is 9.97. The quantitative estimate of drug-likeness (QED) is 0.499. The Bertz CT molecular complexity index is 1060. The lowest BCUT2D eigenvalue weighted by Gasteiger charge is -2.40. The molecule has 1 aliphatic rings. The SMILES string of the molecule is CC(C)(CO)[C@H]1CCCN(Cc2ccc(-c3nc(-c4ccccc4)no3)cc2OC(F)F)C1. The summed E-state index contributed by atoms with van der Waals surface area (Å²) in [7, 11) is 0. The van der Waals surface area contributed by atoms with Gasteiger partial charge in [-0.1, -0.05) is 55.4 Å². The Morgan fingerprint density at radius 1 is 1.18 bits per heavy atom. The van der Waals surface area contributed by atoms with Gasteiger partial charge in [0.05, 0.1) is 0 Å². The maximum atomic E-state index is 13.2. The van der Waals surface area contributed by atoms with Crippen molar-refractivity contribution in [3.63, 3.8) is 0 Å². The molecular weight excluding hydrogens is 428 g/mol. The van der Waals surface area contributed by atoms with E-state index in [9.17, 15) is 13.9 Å². The molecule has 0 amide bonds. The smallest absolute Gasteiger partial charge is 0.387 e. The molecule has 0 aliphatic carbocycles. The van der Waals surface area contributed by atoms with Crippen molar-refractivity contribution in [3.8, 4) is 28.6 Å². The topological polar surface area (TPSA) is 71.6 Å². The van der Waals surface area contributed by atoms with E-state index in [2.05, 4.69) is 28.9 Å². The minimum atomic E-state index is -2.94. The molecule has 0 bridgehead atoms. The maximum Gasteiger partial charge on any atom is 0.387 e. The first-order valence-corrected chi connectivity index (χ1v) is 11.2. The van der Waals surface area contributed by atoms with Crippen molar-refractivity contribution in [2.45, 2.75) is 39.8 Å². The molecule has 0 radical (unpaired) electrons. The standard InChI is InChI=1S/C25H29F2N3O3/c1-25(2,16-31)20-9-6-12-30(15-20)14-19-11-10-18(13-21(19)32-24(26)27)23-28-22(29-33-23)17-7-4-3-5-8-17/h3-5,7-8,10-11,13,20,24,31H,6,9,12,14-16H2,1-2H3/t20-/m0/s1. The van der Waals surface area contributed by atoms with Crippen molar-refractivity contribution in [1.29, 1.82) is 0 Å². The highest BCUT2D eigenvalue weighted by Gasteiger charge is 2.33. The number of hydrogen-bond acceptors (Lipinski definition) is 6. The molecule has 1 N–H and O–H groups in total. The molecule has 1 saturated heterocycles. The number of hydrogen-bond donors (Lipinski definition) is 1. The Kier molecular flexibility index (Phi) is 7.05. The van der Waals surface area contributed by atoms with Crippen LogP contribution in [0.2, 0.25) is 0 Å². The number of aliphatic hydroxyl groups excluding tert-OH is 1. The highest BCUT2D eigenvalue weighted by Crippen LogP contribution is 2.35. The molecule has 0 spiro atoms. The second-order valence-corrected chi connectivity index (χ2v) is 9.21. The summed E-state index contributed by atoms with van der Waals surface area (Å²) in [6, 6.07) is 14.5. The first-order valence-electron chi connectivity index (χ1n) is 11.2. The van der Waals surface area contributed by atoms with Crippen LogP contribution in [0.3, 0.4) is 0 Å². The third kappa shape index (κ3) is 5.57. The molecule has 1 aromatic heterocycles. The van der Waals surface area contributed by atoms with Gasteiger partial charge in [-0.15, -0.1) is 0 Å².